The molecule has 10 heteroatoms. The molecule has 1 aromatic carbocycles. The number of nitrogens with two attached hydrogens (primary N) is 1. The molecule has 0 spiro atoms. The first kappa shape index (κ1) is 24.9. The van der Waals surface area contributed by atoms with Gasteiger partial charge < -0.3 is 25.4 Å². The molecule has 0 aliphatic carbocycles. The van der Waals surface area contributed by atoms with Gasteiger partial charge in [0.15, 0.2) is 11.6 Å². The van der Waals surface area contributed by atoms with Gasteiger partial charge in [0.2, 0.25) is 11.9 Å². The van der Waals surface area contributed by atoms with E-state index in [-0.39, 0.29) is 23.7 Å². The Hall–Kier alpha value is -2.78. The lowest BCUT2D eigenvalue weighted by atomic mass is 10.0. The van der Waals surface area contributed by atoms with E-state index >= 15 is 0 Å². The number of methoxy groups -OCH3 is 1. The molecule has 33 heavy (non-hydrogen) atoms. The van der Waals surface area contributed by atoms with Crippen molar-refractivity contribution in [3.8, 4) is 17.2 Å². The molecule has 0 bridgehead atoms. The van der Waals surface area contributed by atoms with Gasteiger partial charge in [0, 0.05) is 57.3 Å². The molecule has 2 aromatic rings. The second-order valence-corrected chi connectivity index (χ2v) is 8.98. The van der Waals surface area contributed by atoms with Crippen LogP contribution in [0.5, 0.6) is 17.2 Å². The van der Waals surface area contributed by atoms with Gasteiger partial charge in [-0.15, -0.1) is 0 Å². The van der Waals surface area contributed by atoms with Crippen LogP contribution in [0, 0.1) is 0 Å². The number of aromatic nitrogens is 2. The molecular formula is C23H33ClN6O3. The van der Waals surface area contributed by atoms with Gasteiger partial charge in [0.1, 0.15) is 11.5 Å². The van der Waals surface area contributed by atoms with E-state index in [9.17, 15) is 4.79 Å². The third kappa shape index (κ3) is 6.39. The lowest BCUT2D eigenvalue weighted by Gasteiger charge is -2.35. The summed E-state index contributed by atoms with van der Waals surface area (Å²) < 4.78 is 11.4. The first-order valence-electron chi connectivity index (χ1n) is 11.1. The Morgan fingerprint density at radius 1 is 1.18 bits per heavy atom. The molecule has 9 nitrogen and oxygen atoms in total. The molecule has 1 unspecified atom stereocenters. The number of benzene rings is 1. The molecule has 1 saturated heterocycles. The molecule has 2 heterocycles. The van der Waals surface area contributed by atoms with E-state index in [0.29, 0.717) is 28.2 Å². The molecule has 1 amide bonds. The number of carbonyl (C=O) groups excluding carboxylic acids is 1. The zero-order valence-electron chi connectivity index (χ0n) is 19.9. The Bertz CT molecular complexity index is 979. The molecule has 180 valence electrons. The monoisotopic (exact) mass is 476 g/mol. The number of hydrogen-bond acceptors (Lipinski definition) is 8. The van der Waals surface area contributed by atoms with Crippen LogP contribution in [-0.2, 0) is 4.79 Å². The van der Waals surface area contributed by atoms with Crippen molar-refractivity contribution in [3.63, 3.8) is 0 Å². The van der Waals surface area contributed by atoms with Crippen molar-refractivity contribution in [1.82, 2.24) is 19.8 Å². The van der Waals surface area contributed by atoms with Crippen molar-refractivity contribution in [1.29, 1.82) is 0 Å². The van der Waals surface area contributed by atoms with Gasteiger partial charge in [-0.05, 0) is 18.9 Å². The maximum Gasteiger partial charge on any atom is 0.225 e. The predicted molar refractivity (Wildman–Crippen MR) is 130 cm³/mol. The van der Waals surface area contributed by atoms with E-state index in [1.54, 1.807) is 26.3 Å². The quantitative estimate of drug-likeness (QED) is 0.595. The standard InChI is InChI=1S/C23H33ClN6O3/c1-14(2)17-10-20(32-5)18(24)11-19(17)33-21-12-26-23(28-22(21)25)27-15(3)13-29-6-8-30(9-7-29)16(4)31/h10-12,14-15H,6-9,13H2,1-5H3,(H3,25,26,27,28). The number of amides is 1. The van der Waals surface area contributed by atoms with Gasteiger partial charge in [-0.2, -0.15) is 4.98 Å². The fourth-order valence-corrected chi connectivity index (χ4v) is 4.03. The molecule has 0 radical (unpaired) electrons. The summed E-state index contributed by atoms with van der Waals surface area (Å²) in [6.45, 7) is 11.8. The maximum atomic E-state index is 11.5. The maximum absolute atomic E-state index is 11.5. The van der Waals surface area contributed by atoms with Crippen LogP contribution in [0.3, 0.4) is 0 Å². The highest BCUT2D eigenvalue weighted by Gasteiger charge is 2.21. The van der Waals surface area contributed by atoms with Gasteiger partial charge in [-0.1, -0.05) is 25.4 Å². The minimum atomic E-state index is 0.105. The highest BCUT2D eigenvalue weighted by molar-refractivity contribution is 6.32. The number of piperazine rings is 1. The summed E-state index contributed by atoms with van der Waals surface area (Å²) in [6.07, 6.45) is 1.56. The van der Waals surface area contributed by atoms with Gasteiger partial charge in [-0.3, -0.25) is 9.69 Å². The second kappa shape index (κ2) is 10.9. The minimum absolute atomic E-state index is 0.105. The Morgan fingerprint density at radius 2 is 1.88 bits per heavy atom. The van der Waals surface area contributed by atoms with Crippen molar-refractivity contribution in [2.75, 3.05) is 50.9 Å². The Labute approximate surface area is 200 Å². The molecule has 1 aliphatic heterocycles. The highest BCUT2D eigenvalue weighted by atomic mass is 35.5. The van der Waals surface area contributed by atoms with Gasteiger partial charge >= 0.3 is 0 Å². The minimum Gasteiger partial charge on any atom is -0.495 e. The molecule has 0 saturated carbocycles. The zero-order chi connectivity index (χ0) is 24.1. The molecular weight excluding hydrogens is 444 g/mol. The molecule has 1 aliphatic rings. The first-order chi connectivity index (χ1) is 15.7. The van der Waals surface area contributed by atoms with Gasteiger partial charge in [0.05, 0.1) is 18.3 Å². The number of nitrogen functional groups attached to an aromatic ring is 1. The predicted octanol–water partition coefficient (Wildman–Crippen LogP) is 3.60. The number of nitrogens with zero attached hydrogens (tertiary/aromatic N) is 4. The van der Waals surface area contributed by atoms with Crippen molar-refractivity contribution < 1.29 is 14.3 Å². The van der Waals surface area contributed by atoms with E-state index in [4.69, 9.17) is 26.8 Å². The van der Waals surface area contributed by atoms with E-state index in [1.807, 2.05) is 11.0 Å². The smallest absolute Gasteiger partial charge is 0.225 e. The topological polar surface area (TPSA) is 106 Å². The van der Waals surface area contributed by atoms with E-state index in [1.165, 1.54) is 0 Å². The van der Waals surface area contributed by atoms with Crippen LogP contribution in [0.25, 0.3) is 0 Å². The first-order valence-corrected chi connectivity index (χ1v) is 11.5. The summed E-state index contributed by atoms with van der Waals surface area (Å²) in [4.78, 5) is 24.4. The Kier molecular flexibility index (Phi) is 8.20. The summed E-state index contributed by atoms with van der Waals surface area (Å²) in [6, 6.07) is 3.69. The van der Waals surface area contributed by atoms with Crippen LogP contribution in [0.1, 0.15) is 39.2 Å². The van der Waals surface area contributed by atoms with Crippen molar-refractivity contribution in [2.24, 2.45) is 0 Å². The van der Waals surface area contributed by atoms with Crippen LogP contribution in [-0.4, -0.2) is 71.6 Å². The fraction of sp³-hybridized carbons (Fsp3) is 0.522. The highest BCUT2D eigenvalue weighted by Crippen LogP contribution is 2.39. The third-order valence-electron chi connectivity index (χ3n) is 5.63. The molecule has 1 aromatic heterocycles. The number of halogens is 1. The Morgan fingerprint density at radius 3 is 2.45 bits per heavy atom. The van der Waals surface area contributed by atoms with Gasteiger partial charge in [0.25, 0.3) is 0 Å². The van der Waals surface area contributed by atoms with Crippen LogP contribution < -0.4 is 20.5 Å². The summed E-state index contributed by atoms with van der Waals surface area (Å²) in [7, 11) is 1.58. The second-order valence-electron chi connectivity index (χ2n) is 8.58. The number of ether oxygens (including phenoxy) is 2. The Balaban J connectivity index is 1.64. The summed E-state index contributed by atoms with van der Waals surface area (Å²) in [5, 5.41) is 3.74. The fourth-order valence-electron chi connectivity index (χ4n) is 3.80. The summed E-state index contributed by atoms with van der Waals surface area (Å²) in [5.74, 6) is 2.52. The number of nitrogens with one attached hydrogen (secondary N) is 1. The molecule has 1 atom stereocenters. The van der Waals surface area contributed by atoms with E-state index in [0.717, 1.165) is 38.3 Å². The number of hydrogen-bond donors (Lipinski definition) is 2. The number of carbonyl (C=O) groups is 1. The normalized spacial score (nSPS) is 15.4. The average molecular weight is 477 g/mol. The zero-order valence-corrected chi connectivity index (χ0v) is 20.6. The van der Waals surface area contributed by atoms with Crippen molar-refractivity contribution >= 4 is 29.3 Å². The van der Waals surface area contributed by atoms with Crippen LogP contribution >= 0.6 is 11.6 Å². The SMILES string of the molecule is COc1cc(C(C)C)c(Oc2cnc(NC(C)CN3CCN(C(C)=O)CC3)nc2N)cc1Cl. The van der Waals surface area contributed by atoms with E-state index < -0.39 is 0 Å². The van der Waals surface area contributed by atoms with E-state index in [2.05, 4.69) is 41.0 Å². The number of anilines is 2. The summed E-state index contributed by atoms with van der Waals surface area (Å²) in [5.41, 5.74) is 7.11. The average Bonchev–Trinajstić information content (AvgIpc) is 2.76. The lowest BCUT2D eigenvalue weighted by molar-refractivity contribution is -0.130. The molecule has 3 N–H and O–H groups in total. The van der Waals surface area contributed by atoms with Crippen molar-refractivity contribution in [3.05, 3.63) is 28.9 Å². The van der Waals surface area contributed by atoms with Crippen LogP contribution in [0.15, 0.2) is 18.3 Å². The summed E-state index contributed by atoms with van der Waals surface area (Å²) >= 11 is 6.30. The van der Waals surface area contributed by atoms with Crippen LogP contribution in [0.2, 0.25) is 5.02 Å². The lowest BCUT2D eigenvalue weighted by Crippen LogP contribution is -2.50. The molecule has 3 rings (SSSR count). The molecule has 1 fully saturated rings. The van der Waals surface area contributed by atoms with Gasteiger partial charge in [-0.25, -0.2) is 4.98 Å². The van der Waals surface area contributed by atoms with Crippen LogP contribution in [0.4, 0.5) is 11.8 Å². The number of rotatable bonds is 8. The third-order valence-corrected chi connectivity index (χ3v) is 5.93. The van der Waals surface area contributed by atoms with Crippen molar-refractivity contribution in [2.45, 2.75) is 39.7 Å². The largest absolute Gasteiger partial charge is 0.495 e.